The van der Waals surface area contributed by atoms with Crippen LogP contribution in [0.15, 0.2) is 36.0 Å². The molecule has 0 aromatic carbocycles. The molecule has 0 radical (unpaired) electrons. The Balaban J connectivity index is 2.25. The number of carbonyl (C=O) groups is 3. The minimum atomic E-state index is -0.559. The van der Waals surface area contributed by atoms with Gasteiger partial charge in [-0.25, -0.2) is 0 Å². The van der Waals surface area contributed by atoms with Crippen LogP contribution in [0.4, 0.5) is 0 Å². The average Bonchev–Trinajstić information content (AvgIpc) is 2.68. The lowest BCUT2D eigenvalue weighted by molar-refractivity contribution is -0.142. The monoisotopic (exact) mass is 260 g/mol. The molecule has 2 rings (SSSR count). The second kappa shape index (κ2) is 5.22. The van der Waals surface area contributed by atoms with Gasteiger partial charge in [0.2, 0.25) is 11.8 Å². The molecule has 0 aromatic heterocycles. The van der Waals surface area contributed by atoms with Crippen LogP contribution >= 0.6 is 0 Å². The highest BCUT2D eigenvalue weighted by Gasteiger charge is 2.40. The number of likely N-dealkylation sites (tertiary alicyclic amines) is 1. The second-order valence-corrected chi connectivity index (χ2v) is 4.53. The quantitative estimate of drug-likeness (QED) is 0.587. The predicted molar refractivity (Wildman–Crippen MR) is 69.9 cm³/mol. The molecule has 1 N–H and O–H groups in total. The molecule has 100 valence electrons. The number of piperidine rings is 1. The van der Waals surface area contributed by atoms with E-state index in [4.69, 9.17) is 0 Å². The van der Waals surface area contributed by atoms with Gasteiger partial charge in [0, 0.05) is 18.5 Å². The Kier molecular flexibility index (Phi) is 3.64. The minimum Gasteiger partial charge on any atom is -0.322 e. The van der Waals surface area contributed by atoms with Crippen LogP contribution in [0.5, 0.6) is 0 Å². The Morgan fingerprint density at radius 1 is 1.37 bits per heavy atom. The number of allylic oxidation sites excluding steroid dienone is 3. The molecule has 19 heavy (non-hydrogen) atoms. The summed E-state index contributed by atoms with van der Waals surface area (Å²) in [4.78, 5) is 36.8. The molecule has 0 spiro atoms. The van der Waals surface area contributed by atoms with Gasteiger partial charge in [-0.2, -0.15) is 0 Å². The smallest absolute Gasteiger partial charge is 0.255 e. The second-order valence-electron chi connectivity index (χ2n) is 4.53. The average molecular weight is 260 g/mol. The van der Waals surface area contributed by atoms with E-state index >= 15 is 0 Å². The van der Waals surface area contributed by atoms with Gasteiger partial charge in [0.05, 0.1) is 0 Å². The summed E-state index contributed by atoms with van der Waals surface area (Å²) in [7, 11) is 0. The molecule has 2 saturated heterocycles. The number of imide groups is 1. The molecule has 0 aromatic rings. The summed E-state index contributed by atoms with van der Waals surface area (Å²) in [5.74, 6) is -0.844. The normalized spacial score (nSPS) is 28.2. The van der Waals surface area contributed by atoms with E-state index in [1.165, 1.54) is 4.90 Å². The van der Waals surface area contributed by atoms with Crippen LogP contribution in [0.1, 0.15) is 19.8 Å². The Hall–Kier alpha value is -2.17. The van der Waals surface area contributed by atoms with E-state index < -0.39 is 6.04 Å². The highest BCUT2D eigenvalue weighted by Crippen LogP contribution is 2.27. The van der Waals surface area contributed by atoms with Gasteiger partial charge in [0.1, 0.15) is 6.04 Å². The van der Waals surface area contributed by atoms with Crippen molar-refractivity contribution in [2.24, 2.45) is 0 Å². The van der Waals surface area contributed by atoms with Crippen molar-refractivity contribution in [1.29, 1.82) is 0 Å². The maximum atomic E-state index is 12.3. The summed E-state index contributed by atoms with van der Waals surface area (Å²) in [5.41, 5.74) is 1.46. The third-order valence-corrected chi connectivity index (χ3v) is 3.40. The standard InChI is InChI=1S/C14H16N2O3/c1-3-5-10-9(4-2)8-16(14(10)19)11-6-7-12(17)15-13(11)18/h3-5,11H,1,6-8H2,2H3,(H,15,17,18)/b9-4-,10-5+. The molecule has 1 atom stereocenters. The molecule has 2 fully saturated rings. The van der Waals surface area contributed by atoms with Crippen LogP contribution in [-0.2, 0) is 14.4 Å². The van der Waals surface area contributed by atoms with E-state index in [0.29, 0.717) is 18.5 Å². The first kappa shape index (κ1) is 13.3. The number of hydrogen-bond acceptors (Lipinski definition) is 3. The van der Waals surface area contributed by atoms with E-state index in [-0.39, 0.29) is 24.1 Å². The molecule has 2 aliphatic rings. The molecular formula is C14H16N2O3. The lowest BCUT2D eigenvalue weighted by Crippen LogP contribution is -2.52. The van der Waals surface area contributed by atoms with E-state index in [9.17, 15) is 14.4 Å². The summed E-state index contributed by atoms with van der Waals surface area (Å²) >= 11 is 0. The topological polar surface area (TPSA) is 66.5 Å². The van der Waals surface area contributed by atoms with Crippen LogP contribution in [0.25, 0.3) is 0 Å². The molecule has 2 heterocycles. The Morgan fingerprint density at radius 3 is 2.68 bits per heavy atom. The first-order chi connectivity index (χ1) is 9.08. The summed E-state index contributed by atoms with van der Waals surface area (Å²) in [6.45, 7) is 5.85. The van der Waals surface area contributed by atoms with Gasteiger partial charge in [-0.15, -0.1) is 0 Å². The SMILES string of the molecule is C=C/C=C1/C(=O)N(C2CCC(=O)NC2=O)C/C1=C/C. The van der Waals surface area contributed by atoms with Crippen LogP contribution in [0, 0.1) is 0 Å². The largest absolute Gasteiger partial charge is 0.322 e. The Bertz CT molecular complexity index is 517. The minimum absolute atomic E-state index is 0.178. The number of nitrogens with zero attached hydrogens (tertiary/aromatic N) is 1. The van der Waals surface area contributed by atoms with Crippen molar-refractivity contribution < 1.29 is 14.4 Å². The number of hydrogen-bond donors (Lipinski definition) is 1. The zero-order chi connectivity index (χ0) is 14.0. The number of nitrogens with one attached hydrogen (secondary N) is 1. The third-order valence-electron chi connectivity index (χ3n) is 3.40. The zero-order valence-electron chi connectivity index (χ0n) is 10.8. The van der Waals surface area contributed by atoms with Gasteiger partial charge < -0.3 is 4.90 Å². The predicted octanol–water partition coefficient (Wildman–Crippen LogP) is 0.692. The van der Waals surface area contributed by atoms with Crippen molar-refractivity contribution in [1.82, 2.24) is 10.2 Å². The molecule has 1 unspecified atom stereocenters. The summed E-state index contributed by atoms with van der Waals surface area (Å²) < 4.78 is 0. The van der Waals surface area contributed by atoms with Gasteiger partial charge in [-0.05, 0) is 25.0 Å². The van der Waals surface area contributed by atoms with Gasteiger partial charge in [-0.3, -0.25) is 19.7 Å². The summed E-state index contributed by atoms with van der Waals surface area (Å²) in [6.07, 6.45) is 5.73. The molecule has 0 saturated carbocycles. The fourth-order valence-electron chi connectivity index (χ4n) is 2.41. The van der Waals surface area contributed by atoms with Crippen molar-refractivity contribution in [2.45, 2.75) is 25.8 Å². The zero-order valence-corrected chi connectivity index (χ0v) is 10.8. The fourth-order valence-corrected chi connectivity index (χ4v) is 2.41. The highest BCUT2D eigenvalue weighted by molar-refractivity contribution is 6.06. The number of rotatable bonds is 2. The lowest BCUT2D eigenvalue weighted by Gasteiger charge is -2.28. The molecule has 0 aliphatic carbocycles. The third kappa shape index (κ3) is 2.36. The van der Waals surface area contributed by atoms with Crippen molar-refractivity contribution in [3.05, 3.63) is 36.0 Å². The van der Waals surface area contributed by atoms with E-state index in [1.54, 1.807) is 12.2 Å². The van der Waals surface area contributed by atoms with Crippen LogP contribution in [0.2, 0.25) is 0 Å². The molecule has 2 aliphatic heterocycles. The first-order valence-electron chi connectivity index (χ1n) is 6.21. The first-order valence-corrected chi connectivity index (χ1v) is 6.21. The maximum Gasteiger partial charge on any atom is 0.255 e. The highest BCUT2D eigenvalue weighted by atomic mass is 16.2. The molecule has 5 nitrogen and oxygen atoms in total. The van der Waals surface area contributed by atoms with Gasteiger partial charge in [0.15, 0.2) is 0 Å². The van der Waals surface area contributed by atoms with Gasteiger partial charge in [0.25, 0.3) is 5.91 Å². The lowest BCUT2D eigenvalue weighted by atomic mass is 10.0. The van der Waals surface area contributed by atoms with E-state index in [0.717, 1.165) is 5.57 Å². The van der Waals surface area contributed by atoms with Crippen LogP contribution in [0.3, 0.4) is 0 Å². The fraction of sp³-hybridized carbons (Fsp3) is 0.357. The maximum absolute atomic E-state index is 12.3. The molecule has 5 heteroatoms. The van der Waals surface area contributed by atoms with Gasteiger partial charge in [-0.1, -0.05) is 18.7 Å². The number of carbonyl (C=O) groups excluding carboxylic acids is 3. The van der Waals surface area contributed by atoms with Crippen molar-refractivity contribution >= 4 is 17.7 Å². The van der Waals surface area contributed by atoms with Gasteiger partial charge >= 0.3 is 0 Å². The molecule has 0 bridgehead atoms. The van der Waals surface area contributed by atoms with E-state index in [1.807, 2.05) is 13.0 Å². The number of amides is 3. The molecular weight excluding hydrogens is 244 g/mol. The van der Waals surface area contributed by atoms with E-state index in [2.05, 4.69) is 11.9 Å². The van der Waals surface area contributed by atoms with Crippen molar-refractivity contribution in [3.8, 4) is 0 Å². The van der Waals surface area contributed by atoms with Crippen molar-refractivity contribution in [3.63, 3.8) is 0 Å². The Labute approximate surface area is 111 Å². The summed E-state index contributed by atoms with van der Waals surface area (Å²) in [6, 6.07) is -0.559. The summed E-state index contributed by atoms with van der Waals surface area (Å²) in [5, 5.41) is 2.28. The van der Waals surface area contributed by atoms with Crippen molar-refractivity contribution in [2.75, 3.05) is 6.54 Å². The van der Waals surface area contributed by atoms with Crippen LogP contribution < -0.4 is 5.32 Å². The van der Waals surface area contributed by atoms with Crippen LogP contribution in [-0.4, -0.2) is 35.2 Å². The molecule has 3 amide bonds. The Morgan fingerprint density at radius 2 is 2.11 bits per heavy atom.